The lowest BCUT2D eigenvalue weighted by Crippen LogP contribution is -1.94. The number of hydrogen-bond donors (Lipinski definition) is 0. The predicted octanol–water partition coefficient (Wildman–Crippen LogP) is 11.0. The van der Waals surface area contributed by atoms with Crippen molar-refractivity contribution in [1.29, 1.82) is 0 Å². The highest BCUT2D eigenvalue weighted by atomic mass is 16.3. The van der Waals surface area contributed by atoms with Gasteiger partial charge >= 0.3 is 0 Å². The molecule has 0 amide bonds. The summed E-state index contributed by atoms with van der Waals surface area (Å²) in [4.78, 5) is 9.89. The van der Waals surface area contributed by atoms with Crippen LogP contribution in [0.3, 0.4) is 0 Å². The first-order chi connectivity index (χ1) is 20.7. The van der Waals surface area contributed by atoms with Crippen LogP contribution in [-0.4, -0.2) is 11.2 Å². The van der Waals surface area contributed by atoms with Crippen LogP contribution in [0.15, 0.2) is 143 Å². The number of furan rings is 1. The average Bonchev–Trinajstić information content (AvgIpc) is 3.44. The number of fused-ring (bicyclic) bond motifs is 3. The molecule has 200 valence electrons. The van der Waals surface area contributed by atoms with Crippen molar-refractivity contribution in [1.82, 2.24) is 4.98 Å². The Morgan fingerprint density at radius 3 is 2.14 bits per heavy atom. The van der Waals surface area contributed by atoms with Crippen molar-refractivity contribution in [2.24, 2.45) is 4.99 Å². The molecular formula is C39H28N2O. The number of rotatable bonds is 6. The lowest BCUT2D eigenvalue weighted by Gasteiger charge is -2.14. The molecule has 3 heteroatoms. The number of benzene rings is 5. The molecule has 3 nitrogen and oxygen atoms in total. The lowest BCUT2D eigenvalue weighted by molar-refractivity contribution is 0.669. The van der Waals surface area contributed by atoms with E-state index in [1.165, 1.54) is 5.56 Å². The number of para-hydroxylation sites is 1. The third-order valence-electron chi connectivity index (χ3n) is 7.65. The predicted molar refractivity (Wildman–Crippen MR) is 177 cm³/mol. The third-order valence-corrected chi connectivity index (χ3v) is 7.65. The summed E-state index contributed by atoms with van der Waals surface area (Å²) < 4.78 is 6.13. The minimum atomic E-state index is 0.844. The molecule has 0 aliphatic heterocycles. The van der Waals surface area contributed by atoms with Crippen LogP contribution in [-0.2, 0) is 0 Å². The number of aliphatic imine (C=N–C) groups is 1. The summed E-state index contributed by atoms with van der Waals surface area (Å²) in [6, 6.07) is 44.0. The Morgan fingerprint density at radius 1 is 0.643 bits per heavy atom. The van der Waals surface area contributed by atoms with Crippen molar-refractivity contribution in [3.05, 3.63) is 140 Å². The molecule has 2 aromatic heterocycles. The first kappa shape index (κ1) is 25.4. The zero-order chi connectivity index (χ0) is 28.5. The molecule has 7 aromatic rings. The topological polar surface area (TPSA) is 38.4 Å². The minimum absolute atomic E-state index is 0.844. The highest BCUT2D eigenvalue weighted by molar-refractivity contribution is 6.12. The van der Waals surface area contributed by atoms with E-state index in [4.69, 9.17) is 14.4 Å². The Labute approximate surface area is 245 Å². The normalized spacial score (nSPS) is 11.5. The van der Waals surface area contributed by atoms with Gasteiger partial charge in [0.25, 0.3) is 0 Å². The van der Waals surface area contributed by atoms with Crippen molar-refractivity contribution in [2.45, 2.75) is 6.92 Å². The minimum Gasteiger partial charge on any atom is -0.456 e. The van der Waals surface area contributed by atoms with Crippen molar-refractivity contribution < 1.29 is 4.42 Å². The molecule has 2 heterocycles. The number of aromatic nitrogens is 1. The Balaban J connectivity index is 1.34. The summed E-state index contributed by atoms with van der Waals surface area (Å²) in [7, 11) is 0. The number of nitrogens with zero attached hydrogens (tertiary/aromatic N) is 2. The molecule has 0 fully saturated rings. The molecule has 0 N–H and O–H groups in total. The fraction of sp³-hybridized carbons (Fsp3) is 0.0256. The van der Waals surface area contributed by atoms with Gasteiger partial charge in [0, 0.05) is 33.7 Å². The smallest absolute Gasteiger partial charge is 0.136 e. The van der Waals surface area contributed by atoms with Gasteiger partial charge < -0.3 is 4.42 Å². The van der Waals surface area contributed by atoms with E-state index in [2.05, 4.69) is 97.6 Å². The van der Waals surface area contributed by atoms with Crippen LogP contribution in [0, 0.1) is 0 Å². The maximum Gasteiger partial charge on any atom is 0.136 e. The average molecular weight is 541 g/mol. The van der Waals surface area contributed by atoms with Gasteiger partial charge in [0.05, 0.1) is 17.1 Å². The van der Waals surface area contributed by atoms with Gasteiger partial charge in [-0.3, -0.25) is 4.99 Å². The molecule has 0 radical (unpaired) electrons. The standard InChI is InChI=1S/C39H28N2O/c1-3-31-35(40-4-2)25-34(41-39(31)30-15-10-14-29(24-30)26-12-6-5-7-13-26)28-22-20-27(21-23-28)32-17-11-19-37-38(32)33-16-8-9-18-36(33)42-37/h3-25H,1H2,2H3/b40-4-. The molecule has 5 aromatic carbocycles. The van der Waals surface area contributed by atoms with E-state index in [1.807, 2.05) is 55.6 Å². The van der Waals surface area contributed by atoms with Gasteiger partial charge in [0.1, 0.15) is 11.2 Å². The molecule has 0 aliphatic carbocycles. The quantitative estimate of drug-likeness (QED) is 0.197. The fourth-order valence-corrected chi connectivity index (χ4v) is 5.67. The summed E-state index contributed by atoms with van der Waals surface area (Å²) in [6.07, 6.45) is 3.66. The Morgan fingerprint density at radius 2 is 1.33 bits per heavy atom. The SMILES string of the molecule is C=Cc1c(/N=C\C)cc(-c2ccc(-c3cccc4oc5ccccc5c34)cc2)nc1-c1cccc(-c2ccccc2)c1. The van der Waals surface area contributed by atoms with Crippen LogP contribution in [0.2, 0.25) is 0 Å². The van der Waals surface area contributed by atoms with Crippen molar-refractivity contribution in [3.63, 3.8) is 0 Å². The van der Waals surface area contributed by atoms with Crippen LogP contribution >= 0.6 is 0 Å². The van der Waals surface area contributed by atoms with E-state index < -0.39 is 0 Å². The van der Waals surface area contributed by atoms with E-state index in [-0.39, 0.29) is 0 Å². The second kappa shape index (κ2) is 10.8. The van der Waals surface area contributed by atoms with Crippen molar-refractivity contribution in [2.75, 3.05) is 0 Å². The maximum absolute atomic E-state index is 6.13. The summed E-state index contributed by atoms with van der Waals surface area (Å²) in [5.41, 5.74) is 11.9. The molecule has 0 atom stereocenters. The highest BCUT2D eigenvalue weighted by Gasteiger charge is 2.16. The third kappa shape index (κ3) is 4.51. The molecule has 0 bridgehead atoms. The number of hydrogen-bond acceptors (Lipinski definition) is 3. The summed E-state index contributed by atoms with van der Waals surface area (Å²) in [5, 5.41) is 2.26. The van der Waals surface area contributed by atoms with E-state index >= 15 is 0 Å². The van der Waals surface area contributed by atoms with Crippen LogP contribution in [0.1, 0.15) is 12.5 Å². The highest BCUT2D eigenvalue weighted by Crippen LogP contribution is 2.39. The van der Waals surface area contributed by atoms with E-state index in [1.54, 1.807) is 0 Å². The van der Waals surface area contributed by atoms with Gasteiger partial charge in [-0.05, 0) is 53.4 Å². The van der Waals surface area contributed by atoms with Crippen LogP contribution < -0.4 is 0 Å². The summed E-state index contributed by atoms with van der Waals surface area (Å²) in [6.45, 7) is 6.04. The lowest BCUT2D eigenvalue weighted by atomic mass is 9.96. The second-order valence-corrected chi connectivity index (χ2v) is 10.2. The molecule has 0 spiro atoms. The Hall–Kier alpha value is -5.54. The van der Waals surface area contributed by atoms with Gasteiger partial charge in [-0.15, -0.1) is 0 Å². The first-order valence-electron chi connectivity index (χ1n) is 14.1. The largest absolute Gasteiger partial charge is 0.456 e. The van der Waals surface area contributed by atoms with Crippen molar-refractivity contribution >= 4 is 39.9 Å². The zero-order valence-electron chi connectivity index (χ0n) is 23.3. The molecule has 0 saturated heterocycles. The fourth-order valence-electron chi connectivity index (χ4n) is 5.67. The zero-order valence-corrected chi connectivity index (χ0v) is 23.3. The summed E-state index contributed by atoms with van der Waals surface area (Å²) >= 11 is 0. The van der Waals surface area contributed by atoms with Crippen molar-refractivity contribution in [3.8, 4) is 44.8 Å². The monoisotopic (exact) mass is 540 g/mol. The molecule has 42 heavy (non-hydrogen) atoms. The van der Waals surface area contributed by atoms with E-state index in [0.29, 0.717) is 0 Å². The molecule has 0 unspecified atom stereocenters. The van der Waals surface area contributed by atoms with Gasteiger partial charge in [0.2, 0.25) is 0 Å². The molecule has 7 rings (SSSR count). The molecule has 0 aliphatic rings. The first-order valence-corrected chi connectivity index (χ1v) is 14.1. The van der Waals surface area contributed by atoms with Crippen LogP contribution in [0.25, 0.3) is 72.8 Å². The van der Waals surface area contributed by atoms with Gasteiger partial charge in [-0.25, -0.2) is 4.98 Å². The second-order valence-electron chi connectivity index (χ2n) is 10.2. The maximum atomic E-state index is 6.13. The summed E-state index contributed by atoms with van der Waals surface area (Å²) in [5.74, 6) is 0. The Bertz CT molecular complexity index is 2100. The van der Waals surface area contributed by atoms with Crippen LogP contribution in [0.4, 0.5) is 5.69 Å². The van der Waals surface area contributed by atoms with Gasteiger partial charge in [-0.2, -0.15) is 0 Å². The van der Waals surface area contributed by atoms with Crippen LogP contribution in [0.5, 0.6) is 0 Å². The molecular weight excluding hydrogens is 512 g/mol. The van der Waals surface area contributed by atoms with Gasteiger partial charge in [-0.1, -0.05) is 116 Å². The number of pyridine rings is 1. The van der Waals surface area contributed by atoms with Gasteiger partial charge in [0.15, 0.2) is 0 Å². The van der Waals surface area contributed by atoms with E-state index in [9.17, 15) is 0 Å². The Kier molecular flexibility index (Phi) is 6.54. The molecule has 0 saturated carbocycles. The van der Waals surface area contributed by atoms with E-state index in [0.717, 1.165) is 72.4 Å².